The number of aromatic amines is 1. The number of carbonyl (C=O) groups excluding carboxylic acids is 2. The Morgan fingerprint density at radius 1 is 1.09 bits per heavy atom. The fraction of sp³-hybridized carbons (Fsp3) is 0.333. The second-order valence-corrected chi connectivity index (χ2v) is 8.75. The molecule has 2 aromatic heterocycles. The van der Waals surface area contributed by atoms with Crippen molar-refractivity contribution in [2.75, 3.05) is 32.8 Å². The standard InChI is InChI=1S/C21H18F3N5O3S/c22-21(23,24)20(31)29-6-4-28(5-7-29)19(30)18-27-17-14-2-1-12(13-10-25-26-11-13)9-15(14)32-8-3-16(17)33-18/h1-2,9-11H,3-8H2,(H,25,26). The number of benzene rings is 1. The molecule has 0 aliphatic carbocycles. The molecule has 2 amide bonds. The van der Waals surface area contributed by atoms with E-state index in [2.05, 4.69) is 15.2 Å². The van der Waals surface area contributed by atoms with E-state index in [1.807, 2.05) is 18.2 Å². The smallest absolute Gasteiger partial charge is 0.471 e. The molecular formula is C21H18F3N5O3S. The first-order chi connectivity index (χ1) is 15.8. The van der Waals surface area contributed by atoms with Crippen molar-refractivity contribution in [3.05, 3.63) is 40.5 Å². The monoisotopic (exact) mass is 477 g/mol. The average Bonchev–Trinajstić information content (AvgIpc) is 3.45. The van der Waals surface area contributed by atoms with Crippen molar-refractivity contribution in [1.29, 1.82) is 0 Å². The molecule has 1 fully saturated rings. The summed E-state index contributed by atoms with van der Waals surface area (Å²) in [5.41, 5.74) is 3.32. The first-order valence-corrected chi connectivity index (χ1v) is 11.0. The van der Waals surface area contributed by atoms with Gasteiger partial charge in [0.25, 0.3) is 5.91 Å². The number of nitrogens with zero attached hydrogens (tertiary/aromatic N) is 4. The van der Waals surface area contributed by atoms with E-state index in [1.54, 1.807) is 12.4 Å². The van der Waals surface area contributed by atoms with Gasteiger partial charge >= 0.3 is 12.1 Å². The highest BCUT2D eigenvalue weighted by Crippen LogP contribution is 2.40. The third-order valence-corrected chi connectivity index (χ3v) is 6.74. The number of fused-ring (bicyclic) bond motifs is 3. The number of hydrogen-bond donors (Lipinski definition) is 1. The minimum atomic E-state index is -4.91. The zero-order chi connectivity index (χ0) is 23.2. The number of amides is 2. The number of H-pyrrole nitrogens is 1. The SMILES string of the molecule is O=C(c1nc2c(s1)CCOc1cc(-c3cn[nH]c3)ccc1-2)N1CCN(C(=O)C(F)(F)F)CC1. The number of nitrogens with one attached hydrogen (secondary N) is 1. The van der Waals surface area contributed by atoms with Crippen LogP contribution in [-0.4, -0.2) is 75.8 Å². The van der Waals surface area contributed by atoms with Crippen molar-refractivity contribution in [2.45, 2.75) is 12.6 Å². The first-order valence-electron chi connectivity index (χ1n) is 10.2. The molecule has 172 valence electrons. The highest BCUT2D eigenvalue weighted by Gasteiger charge is 2.43. The normalized spacial score (nSPS) is 16.0. The number of piperazine rings is 1. The molecule has 0 atom stereocenters. The number of halogens is 3. The fourth-order valence-electron chi connectivity index (χ4n) is 3.93. The van der Waals surface area contributed by atoms with E-state index >= 15 is 0 Å². The molecule has 1 aromatic carbocycles. The Morgan fingerprint density at radius 3 is 2.55 bits per heavy atom. The van der Waals surface area contributed by atoms with Crippen molar-refractivity contribution in [3.63, 3.8) is 0 Å². The van der Waals surface area contributed by atoms with E-state index in [0.29, 0.717) is 24.5 Å². The van der Waals surface area contributed by atoms with Crippen LogP contribution in [0.25, 0.3) is 22.4 Å². The van der Waals surface area contributed by atoms with Gasteiger partial charge < -0.3 is 14.5 Å². The molecule has 33 heavy (non-hydrogen) atoms. The average molecular weight is 477 g/mol. The van der Waals surface area contributed by atoms with Crippen molar-refractivity contribution < 1.29 is 27.5 Å². The molecule has 0 spiro atoms. The van der Waals surface area contributed by atoms with Crippen LogP contribution in [-0.2, 0) is 11.2 Å². The van der Waals surface area contributed by atoms with E-state index < -0.39 is 12.1 Å². The summed E-state index contributed by atoms with van der Waals surface area (Å²) in [6.45, 7) is 0.158. The maximum atomic E-state index is 13.0. The van der Waals surface area contributed by atoms with Gasteiger partial charge in [0.1, 0.15) is 5.75 Å². The van der Waals surface area contributed by atoms with Gasteiger partial charge in [0, 0.05) is 54.8 Å². The van der Waals surface area contributed by atoms with Crippen LogP contribution in [0.1, 0.15) is 14.7 Å². The molecule has 0 saturated carbocycles. The van der Waals surface area contributed by atoms with Gasteiger partial charge in [0.15, 0.2) is 5.01 Å². The summed E-state index contributed by atoms with van der Waals surface area (Å²) in [4.78, 5) is 32.1. The van der Waals surface area contributed by atoms with Crippen molar-refractivity contribution in [3.8, 4) is 28.1 Å². The Bertz CT molecular complexity index is 1200. The summed E-state index contributed by atoms with van der Waals surface area (Å²) in [6, 6.07) is 5.74. The first kappa shape index (κ1) is 21.4. The summed E-state index contributed by atoms with van der Waals surface area (Å²) in [7, 11) is 0. The summed E-state index contributed by atoms with van der Waals surface area (Å²) in [6.07, 6.45) is -0.827. The van der Waals surface area contributed by atoms with Crippen molar-refractivity contribution >= 4 is 23.2 Å². The Balaban J connectivity index is 1.35. The maximum Gasteiger partial charge on any atom is 0.471 e. The lowest BCUT2D eigenvalue weighted by molar-refractivity contribution is -0.186. The largest absolute Gasteiger partial charge is 0.492 e. The van der Waals surface area contributed by atoms with Gasteiger partial charge in [-0.2, -0.15) is 18.3 Å². The number of alkyl halides is 3. The zero-order valence-electron chi connectivity index (χ0n) is 17.2. The molecule has 12 heteroatoms. The van der Waals surface area contributed by atoms with Crippen LogP contribution in [0.2, 0.25) is 0 Å². The molecule has 0 unspecified atom stereocenters. The zero-order valence-corrected chi connectivity index (χ0v) is 18.0. The van der Waals surface area contributed by atoms with Crippen LogP contribution in [0, 0.1) is 0 Å². The molecular weight excluding hydrogens is 459 g/mol. The Morgan fingerprint density at radius 2 is 1.85 bits per heavy atom. The van der Waals surface area contributed by atoms with Crippen LogP contribution in [0.15, 0.2) is 30.6 Å². The Kier molecular flexibility index (Phi) is 5.31. The Labute approximate surface area is 190 Å². The molecule has 2 aliphatic heterocycles. The summed E-state index contributed by atoms with van der Waals surface area (Å²) in [5, 5.41) is 7.02. The minimum absolute atomic E-state index is 0.0264. The summed E-state index contributed by atoms with van der Waals surface area (Å²) in [5.74, 6) is -1.55. The van der Waals surface area contributed by atoms with E-state index in [4.69, 9.17) is 4.74 Å². The van der Waals surface area contributed by atoms with Crippen LogP contribution in [0.3, 0.4) is 0 Å². The lowest BCUT2D eigenvalue weighted by Crippen LogP contribution is -2.53. The molecule has 1 N–H and O–H groups in total. The number of carbonyl (C=O) groups is 2. The number of hydrogen-bond acceptors (Lipinski definition) is 6. The van der Waals surface area contributed by atoms with E-state index in [-0.39, 0.29) is 37.1 Å². The fourth-order valence-corrected chi connectivity index (χ4v) is 4.95. The van der Waals surface area contributed by atoms with Gasteiger partial charge in [-0.3, -0.25) is 14.7 Å². The molecule has 8 nitrogen and oxygen atoms in total. The number of rotatable bonds is 2. The van der Waals surface area contributed by atoms with Crippen LogP contribution in [0.5, 0.6) is 5.75 Å². The van der Waals surface area contributed by atoms with Crippen LogP contribution < -0.4 is 4.74 Å². The summed E-state index contributed by atoms with van der Waals surface area (Å²) < 4.78 is 43.9. The van der Waals surface area contributed by atoms with Gasteiger partial charge in [0.2, 0.25) is 0 Å². The third kappa shape index (κ3) is 4.06. The van der Waals surface area contributed by atoms with E-state index in [9.17, 15) is 22.8 Å². The highest BCUT2D eigenvalue weighted by atomic mass is 32.1. The molecule has 2 aliphatic rings. The topological polar surface area (TPSA) is 91.4 Å². The highest BCUT2D eigenvalue weighted by molar-refractivity contribution is 7.14. The van der Waals surface area contributed by atoms with Crippen LogP contribution in [0.4, 0.5) is 13.2 Å². The van der Waals surface area contributed by atoms with Gasteiger partial charge in [-0.15, -0.1) is 11.3 Å². The van der Waals surface area contributed by atoms with Crippen molar-refractivity contribution in [1.82, 2.24) is 25.0 Å². The van der Waals surface area contributed by atoms with E-state index in [1.165, 1.54) is 16.2 Å². The molecule has 3 aromatic rings. The second-order valence-electron chi connectivity index (χ2n) is 7.67. The molecule has 0 radical (unpaired) electrons. The quantitative estimate of drug-likeness (QED) is 0.613. The van der Waals surface area contributed by atoms with Gasteiger partial charge in [-0.25, -0.2) is 4.98 Å². The van der Waals surface area contributed by atoms with Gasteiger partial charge in [0.05, 0.1) is 18.5 Å². The van der Waals surface area contributed by atoms with Crippen LogP contribution >= 0.6 is 11.3 Å². The maximum absolute atomic E-state index is 13.0. The number of ether oxygens (including phenoxy) is 1. The van der Waals surface area contributed by atoms with Gasteiger partial charge in [-0.1, -0.05) is 6.07 Å². The second kappa shape index (κ2) is 8.18. The lowest BCUT2D eigenvalue weighted by atomic mass is 10.0. The van der Waals surface area contributed by atoms with Crippen molar-refractivity contribution in [2.24, 2.45) is 0 Å². The molecule has 4 heterocycles. The Hall–Kier alpha value is -3.41. The molecule has 0 bridgehead atoms. The number of aromatic nitrogens is 3. The molecule has 5 rings (SSSR count). The summed E-state index contributed by atoms with van der Waals surface area (Å²) >= 11 is 1.27. The minimum Gasteiger partial charge on any atom is -0.492 e. The lowest BCUT2D eigenvalue weighted by Gasteiger charge is -2.34. The molecule has 1 saturated heterocycles. The number of thiazole rings is 1. The predicted octanol–water partition coefficient (Wildman–Crippen LogP) is 2.98. The van der Waals surface area contributed by atoms with E-state index in [0.717, 1.165) is 26.5 Å². The van der Waals surface area contributed by atoms with Gasteiger partial charge in [-0.05, 0) is 17.7 Å². The predicted molar refractivity (Wildman–Crippen MR) is 113 cm³/mol. The third-order valence-electron chi connectivity index (χ3n) is 5.63.